The molecule has 0 aliphatic rings. The minimum atomic E-state index is -0.865. The Morgan fingerprint density at radius 2 is 1.75 bits per heavy atom. The number of ether oxygens (including phenoxy) is 1. The first-order valence-electron chi connectivity index (χ1n) is 6.52. The highest BCUT2D eigenvalue weighted by Crippen LogP contribution is 2.19. The molecule has 2 aromatic rings. The molecule has 2 nitrogen and oxygen atoms in total. The molecule has 20 heavy (non-hydrogen) atoms. The van der Waals surface area contributed by atoms with Crippen molar-refractivity contribution in [1.29, 1.82) is 0 Å². The summed E-state index contributed by atoms with van der Waals surface area (Å²) in [4.78, 5) is 0. The van der Waals surface area contributed by atoms with Gasteiger partial charge in [0.2, 0.25) is 0 Å². The zero-order valence-electron chi connectivity index (χ0n) is 11.3. The van der Waals surface area contributed by atoms with Crippen molar-refractivity contribution in [3.63, 3.8) is 0 Å². The van der Waals surface area contributed by atoms with Crippen LogP contribution < -0.4 is 10.5 Å². The molecule has 2 rings (SSSR count). The number of nitrogens with two attached hydrogens (primary N) is 1. The Morgan fingerprint density at radius 3 is 2.35 bits per heavy atom. The van der Waals surface area contributed by atoms with Gasteiger partial charge in [-0.05, 0) is 41.8 Å². The summed E-state index contributed by atoms with van der Waals surface area (Å²) >= 11 is 0. The van der Waals surface area contributed by atoms with Crippen LogP contribution in [0, 0.1) is 11.6 Å². The van der Waals surface area contributed by atoms with Gasteiger partial charge < -0.3 is 10.5 Å². The molecular weight excluding hydrogens is 260 g/mol. The average molecular weight is 277 g/mol. The van der Waals surface area contributed by atoms with Crippen molar-refractivity contribution >= 4 is 0 Å². The SMILES string of the molecule is CCC(N)c1ccc(OCc2ccc(F)c(F)c2)cc1. The van der Waals surface area contributed by atoms with E-state index in [4.69, 9.17) is 10.5 Å². The van der Waals surface area contributed by atoms with Crippen molar-refractivity contribution in [2.45, 2.75) is 26.0 Å². The van der Waals surface area contributed by atoms with Crippen LogP contribution >= 0.6 is 0 Å². The number of halogens is 2. The summed E-state index contributed by atoms with van der Waals surface area (Å²) in [6.07, 6.45) is 0.870. The van der Waals surface area contributed by atoms with E-state index in [2.05, 4.69) is 0 Å². The largest absolute Gasteiger partial charge is 0.489 e. The molecule has 1 unspecified atom stereocenters. The summed E-state index contributed by atoms with van der Waals surface area (Å²) in [7, 11) is 0. The van der Waals surface area contributed by atoms with Crippen LogP contribution in [-0.2, 0) is 6.61 Å². The van der Waals surface area contributed by atoms with E-state index in [-0.39, 0.29) is 12.6 Å². The molecule has 2 N–H and O–H groups in total. The van der Waals surface area contributed by atoms with Gasteiger partial charge in [0.1, 0.15) is 12.4 Å². The number of hydrogen-bond donors (Lipinski definition) is 1. The molecule has 0 heterocycles. The summed E-state index contributed by atoms with van der Waals surface area (Å²) in [5, 5.41) is 0. The molecule has 4 heteroatoms. The van der Waals surface area contributed by atoms with E-state index < -0.39 is 11.6 Å². The Kier molecular flexibility index (Phi) is 4.69. The number of benzene rings is 2. The first kappa shape index (κ1) is 14.5. The van der Waals surface area contributed by atoms with E-state index >= 15 is 0 Å². The second-order valence-electron chi connectivity index (χ2n) is 4.62. The fourth-order valence-corrected chi connectivity index (χ4v) is 1.84. The van der Waals surface area contributed by atoms with Gasteiger partial charge in [0.15, 0.2) is 11.6 Å². The maximum atomic E-state index is 13.0. The summed E-state index contributed by atoms with van der Waals surface area (Å²) in [5.74, 6) is -1.05. The van der Waals surface area contributed by atoms with Crippen molar-refractivity contribution in [2.24, 2.45) is 5.73 Å². The molecule has 0 spiro atoms. The molecule has 0 radical (unpaired) electrons. The average Bonchev–Trinajstić information content (AvgIpc) is 2.48. The third kappa shape index (κ3) is 3.54. The van der Waals surface area contributed by atoms with Gasteiger partial charge in [-0.25, -0.2) is 8.78 Å². The monoisotopic (exact) mass is 277 g/mol. The van der Waals surface area contributed by atoms with Crippen molar-refractivity contribution in [1.82, 2.24) is 0 Å². The molecule has 0 saturated heterocycles. The van der Waals surface area contributed by atoms with Crippen LogP contribution in [-0.4, -0.2) is 0 Å². The highest BCUT2D eigenvalue weighted by molar-refractivity contribution is 5.29. The molecule has 2 aromatic carbocycles. The van der Waals surface area contributed by atoms with Crippen molar-refractivity contribution in [3.05, 3.63) is 65.2 Å². The molecular formula is C16H17F2NO. The maximum absolute atomic E-state index is 13.0. The van der Waals surface area contributed by atoms with Crippen molar-refractivity contribution in [2.75, 3.05) is 0 Å². The fraction of sp³-hybridized carbons (Fsp3) is 0.250. The summed E-state index contributed by atoms with van der Waals surface area (Å²) < 4.78 is 31.4. The van der Waals surface area contributed by atoms with E-state index in [1.165, 1.54) is 6.07 Å². The molecule has 0 fully saturated rings. The van der Waals surface area contributed by atoms with Gasteiger partial charge in [-0.3, -0.25) is 0 Å². The summed E-state index contributed by atoms with van der Waals surface area (Å²) in [6, 6.07) is 11.2. The summed E-state index contributed by atoms with van der Waals surface area (Å²) in [6.45, 7) is 2.22. The second-order valence-corrected chi connectivity index (χ2v) is 4.62. The molecule has 0 aromatic heterocycles. The zero-order chi connectivity index (χ0) is 14.5. The van der Waals surface area contributed by atoms with E-state index in [0.29, 0.717) is 11.3 Å². The van der Waals surface area contributed by atoms with E-state index in [9.17, 15) is 8.78 Å². The van der Waals surface area contributed by atoms with E-state index in [1.807, 2.05) is 31.2 Å². The van der Waals surface area contributed by atoms with Gasteiger partial charge in [0.05, 0.1) is 0 Å². The number of hydrogen-bond acceptors (Lipinski definition) is 2. The lowest BCUT2D eigenvalue weighted by Crippen LogP contribution is -2.08. The Morgan fingerprint density at radius 1 is 1.05 bits per heavy atom. The lowest BCUT2D eigenvalue weighted by atomic mass is 10.1. The first-order valence-corrected chi connectivity index (χ1v) is 6.52. The molecule has 0 bridgehead atoms. The van der Waals surface area contributed by atoms with Gasteiger partial charge in [-0.2, -0.15) is 0 Å². The minimum absolute atomic E-state index is 0.0234. The van der Waals surface area contributed by atoms with E-state index in [1.54, 1.807) is 0 Å². The smallest absolute Gasteiger partial charge is 0.159 e. The highest BCUT2D eigenvalue weighted by Gasteiger charge is 2.05. The maximum Gasteiger partial charge on any atom is 0.159 e. The predicted octanol–water partition coefficient (Wildman–Crippen LogP) is 3.95. The lowest BCUT2D eigenvalue weighted by molar-refractivity contribution is 0.305. The second kappa shape index (κ2) is 6.48. The van der Waals surface area contributed by atoms with Gasteiger partial charge in [-0.15, -0.1) is 0 Å². The van der Waals surface area contributed by atoms with Crippen LogP contribution in [0.4, 0.5) is 8.78 Å². The Balaban J connectivity index is 1.98. The highest BCUT2D eigenvalue weighted by atomic mass is 19.2. The van der Waals surface area contributed by atoms with Crippen LogP contribution in [0.3, 0.4) is 0 Å². The Labute approximate surface area is 117 Å². The quantitative estimate of drug-likeness (QED) is 0.898. The molecule has 0 amide bonds. The van der Waals surface area contributed by atoms with Crippen LogP contribution in [0.15, 0.2) is 42.5 Å². The topological polar surface area (TPSA) is 35.2 Å². The lowest BCUT2D eigenvalue weighted by Gasteiger charge is -2.11. The fourth-order valence-electron chi connectivity index (χ4n) is 1.84. The van der Waals surface area contributed by atoms with Crippen LogP contribution in [0.2, 0.25) is 0 Å². The van der Waals surface area contributed by atoms with Crippen LogP contribution in [0.5, 0.6) is 5.75 Å². The van der Waals surface area contributed by atoms with Crippen LogP contribution in [0.1, 0.15) is 30.5 Å². The molecule has 1 atom stereocenters. The summed E-state index contributed by atoms with van der Waals surface area (Å²) in [5.41, 5.74) is 7.55. The zero-order valence-corrected chi connectivity index (χ0v) is 11.3. The van der Waals surface area contributed by atoms with Gasteiger partial charge in [0, 0.05) is 6.04 Å². The predicted molar refractivity (Wildman–Crippen MR) is 74.4 cm³/mol. The molecule has 0 aliphatic heterocycles. The third-order valence-electron chi connectivity index (χ3n) is 3.14. The molecule has 106 valence electrons. The van der Waals surface area contributed by atoms with Crippen molar-refractivity contribution in [3.8, 4) is 5.75 Å². The Bertz CT molecular complexity index is 569. The van der Waals surface area contributed by atoms with Gasteiger partial charge in [-0.1, -0.05) is 25.1 Å². The van der Waals surface area contributed by atoms with Gasteiger partial charge in [0.25, 0.3) is 0 Å². The van der Waals surface area contributed by atoms with Crippen molar-refractivity contribution < 1.29 is 13.5 Å². The molecule has 0 saturated carbocycles. The van der Waals surface area contributed by atoms with E-state index in [0.717, 1.165) is 24.1 Å². The van der Waals surface area contributed by atoms with Crippen LogP contribution in [0.25, 0.3) is 0 Å². The third-order valence-corrected chi connectivity index (χ3v) is 3.14. The normalized spacial score (nSPS) is 12.2. The standard InChI is InChI=1S/C16H17F2NO/c1-2-16(19)12-4-6-13(7-5-12)20-10-11-3-8-14(17)15(18)9-11/h3-9,16H,2,10,19H2,1H3. The van der Waals surface area contributed by atoms with Gasteiger partial charge >= 0.3 is 0 Å². The first-order chi connectivity index (χ1) is 9.60. The number of rotatable bonds is 5. The Hall–Kier alpha value is -1.94. The molecule has 0 aliphatic carbocycles. The minimum Gasteiger partial charge on any atom is -0.489 e.